The van der Waals surface area contributed by atoms with Gasteiger partial charge in [-0.25, -0.2) is 0 Å². The Balaban J connectivity index is 1.66. The summed E-state index contributed by atoms with van der Waals surface area (Å²) in [6.07, 6.45) is 4.53. The lowest BCUT2D eigenvalue weighted by Crippen LogP contribution is -2.27. The van der Waals surface area contributed by atoms with Crippen LogP contribution in [0, 0.1) is 13.8 Å². The summed E-state index contributed by atoms with van der Waals surface area (Å²) in [7, 11) is 1.91. The molecule has 5 heteroatoms. The van der Waals surface area contributed by atoms with Crippen LogP contribution in [-0.2, 0) is 17.6 Å². The van der Waals surface area contributed by atoms with E-state index in [2.05, 4.69) is 34.6 Å². The van der Waals surface area contributed by atoms with Crippen LogP contribution in [0.5, 0.6) is 0 Å². The van der Waals surface area contributed by atoms with Crippen LogP contribution in [-0.4, -0.2) is 34.6 Å². The molecule has 2 aromatic heterocycles. The lowest BCUT2D eigenvalue weighted by molar-refractivity contribution is -0.130. The standard InChI is InChI=1S/C17H25N3OS/c1-13-16(14(2)19-18-13)9-5-11-20(3)17(21)10-4-7-15-8-6-12-22-15/h6,8,12H,4-5,7,9-11H2,1-3H3,(H,18,19). The minimum absolute atomic E-state index is 0.247. The van der Waals surface area contributed by atoms with Crippen LogP contribution in [0.2, 0.25) is 0 Å². The van der Waals surface area contributed by atoms with E-state index in [0.717, 1.165) is 43.6 Å². The molecule has 0 radical (unpaired) electrons. The number of aromatic nitrogens is 2. The Morgan fingerprint density at radius 2 is 2.14 bits per heavy atom. The first-order chi connectivity index (χ1) is 10.6. The first kappa shape index (κ1) is 16.7. The fraction of sp³-hybridized carbons (Fsp3) is 0.529. The second-order valence-electron chi connectivity index (χ2n) is 5.76. The number of H-pyrrole nitrogens is 1. The van der Waals surface area contributed by atoms with Crippen LogP contribution in [0.1, 0.15) is 41.1 Å². The minimum Gasteiger partial charge on any atom is -0.346 e. The van der Waals surface area contributed by atoms with Crippen molar-refractivity contribution in [1.29, 1.82) is 0 Å². The van der Waals surface area contributed by atoms with Gasteiger partial charge in [-0.2, -0.15) is 5.10 Å². The molecule has 0 aliphatic rings. The lowest BCUT2D eigenvalue weighted by Gasteiger charge is -2.17. The van der Waals surface area contributed by atoms with Crippen molar-refractivity contribution < 1.29 is 4.79 Å². The molecule has 0 atom stereocenters. The molecule has 0 saturated carbocycles. The van der Waals surface area contributed by atoms with E-state index in [1.165, 1.54) is 10.4 Å². The fourth-order valence-electron chi connectivity index (χ4n) is 2.62. The van der Waals surface area contributed by atoms with E-state index >= 15 is 0 Å². The SMILES string of the molecule is Cc1n[nH]c(C)c1CCCN(C)C(=O)CCCc1cccs1. The molecule has 0 unspecified atom stereocenters. The molecule has 0 bridgehead atoms. The van der Waals surface area contributed by atoms with Gasteiger partial charge in [0.1, 0.15) is 0 Å². The monoisotopic (exact) mass is 319 g/mol. The van der Waals surface area contributed by atoms with Crippen molar-refractivity contribution in [3.05, 3.63) is 39.3 Å². The second kappa shape index (κ2) is 8.13. The van der Waals surface area contributed by atoms with E-state index in [0.29, 0.717) is 6.42 Å². The number of nitrogens with zero attached hydrogens (tertiary/aromatic N) is 2. The normalized spacial score (nSPS) is 10.9. The minimum atomic E-state index is 0.247. The molecular weight excluding hydrogens is 294 g/mol. The van der Waals surface area contributed by atoms with E-state index in [-0.39, 0.29) is 5.91 Å². The van der Waals surface area contributed by atoms with Crippen molar-refractivity contribution in [2.24, 2.45) is 0 Å². The van der Waals surface area contributed by atoms with Gasteiger partial charge < -0.3 is 4.90 Å². The zero-order valence-electron chi connectivity index (χ0n) is 13.7. The van der Waals surface area contributed by atoms with Crippen LogP contribution >= 0.6 is 11.3 Å². The van der Waals surface area contributed by atoms with Gasteiger partial charge in [0.05, 0.1) is 5.69 Å². The smallest absolute Gasteiger partial charge is 0.222 e. The summed E-state index contributed by atoms with van der Waals surface area (Å²) >= 11 is 1.76. The van der Waals surface area contributed by atoms with Crippen LogP contribution in [0.15, 0.2) is 17.5 Å². The number of aryl methyl sites for hydroxylation is 3. The highest BCUT2D eigenvalue weighted by Gasteiger charge is 2.10. The van der Waals surface area contributed by atoms with E-state index in [1.807, 2.05) is 18.9 Å². The third-order valence-corrected chi connectivity index (χ3v) is 4.96. The van der Waals surface area contributed by atoms with Crippen molar-refractivity contribution in [2.75, 3.05) is 13.6 Å². The van der Waals surface area contributed by atoms with Crippen molar-refractivity contribution in [3.63, 3.8) is 0 Å². The van der Waals surface area contributed by atoms with E-state index in [9.17, 15) is 4.79 Å². The maximum Gasteiger partial charge on any atom is 0.222 e. The molecule has 2 rings (SSSR count). The summed E-state index contributed by atoms with van der Waals surface area (Å²) in [5.41, 5.74) is 3.50. The number of aromatic amines is 1. The number of rotatable bonds is 8. The van der Waals surface area contributed by atoms with Crippen molar-refractivity contribution in [2.45, 2.75) is 46.0 Å². The molecule has 1 amide bonds. The Morgan fingerprint density at radius 3 is 2.77 bits per heavy atom. The van der Waals surface area contributed by atoms with Gasteiger partial charge in [0, 0.05) is 30.6 Å². The zero-order chi connectivity index (χ0) is 15.9. The Kier molecular flexibility index (Phi) is 6.19. The van der Waals surface area contributed by atoms with Gasteiger partial charge in [0.15, 0.2) is 0 Å². The average Bonchev–Trinajstić information content (AvgIpc) is 3.11. The van der Waals surface area contributed by atoms with Crippen LogP contribution in [0.4, 0.5) is 0 Å². The number of thiophene rings is 1. The fourth-order valence-corrected chi connectivity index (χ4v) is 3.37. The van der Waals surface area contributed by atoms with Gasteiger partial charge in [-0.15, -0.1) is 11.3 Å². The van der Waals surface area contributed by atoms with Crippen LogP contribution < -0.4 is 0 Å². The first-order valence-electron chi connectivity index (χ1n) is 7.84. The van der Waals surface area contributed by atoms with Crippen LogP contribution in [0.25, 0.3) is 0 Å². The number of amides is 1. The van der Waals surface area contributed by atoms with Gasteiger partial charge in [0.2, 0.25) is 5.91 Å². The predicted octanol–water partition coefficient (Wildman–Crippen LogP) is 3.50. The van der Waals surface area contributed by atoms with E-state index in [1.54, 1.807) is 11.3 Å². The Bertz CT molecular complexity index is 570. The second-order valence-corrected chi connectivity index (χ2v) is 6.80. The number of carbonyl (C=O) groups excluding carboxylic acids is 1. The van der Waals surface area contributed by atoms with Crippen LogP contribution in [0.3, 0.4) is 0 Å². The van der Waals surface area contributed by atoms with E-state index < -0.39 is 0 Å². The Labute approximate surface area is 136 Å². The van der Waals surface area contributed by atoms with Gasteiger partial charge >= 0.3 is 0 Å². The highest BCUT2D eigenvalue weighted by molar-refractivity contribution is 7.09. The molecule has 0 saturated heterocycles. The first-order valence-corrected chi connectivity index (χ1v) is 8.72. The number of nitrogens with one attached hydrogen (secondary N) is 1. The summed E-state index contributed by atoms with van der Waals surface area (Å²) < 4.78 is 0. The summed E-state index contributed by atoms with van der Waals surface area (Å²) in [6, 6.07) is 4.20. The molecule has 0 aromatic carbocycles. The Hall–Kier alpha value is -1.62. The number of hydrogen-bond acceptors (Lipinski definition) is 3. The molecule has 0 aliphatic heterocycles. The third-order valence-electron chi connectivity index (χ3n) is 4.02. The molecule has 2 heterocycles. The van der Waals surface area contributed by atoms with Gasteiger partial charge in [-0.3, -0.25) is 9.89 Å². The summed E-state index contributed by atoms with van der Waals surface area (Å²) in [6.45, 7) is 4.88. The molecule has 1 N–H and O–H groups in total. The Morgan fingerprint density at radius 1 is 1.32 bits per heavy atom. The van der Waals surface area contributed by atoms with Crippen molar-refractivity contribution in [3.8, 4) is 0 Å². The van der Waals surface area contributed by atoms with Gasteiger partial charge in [-0.05, 0) is 56.5 Å². The van der Waals surface area contributed by atoms with Gasteiger partial charge in [0.25, 0.3) is 0 Å². The summed E-state index contributed by atoms with van der Waals surface area (Å²) in [5, 5.41) is 9.31. The highest BCUT2D eigenvalue weighted by Crippen LogP contribution is 2.14. The summed E-state index contributed by atoms with van der Waals surface area (Å²) in [4.78, 5) is 15.3. The van der Waals surface area contributed by atoms with Crippen molar-refractivity contribution in [1.82, 2.24) is 15.1 Å². The number of carbonyl (C=O) groups is 1. The predicted molar refractivity (Wildman–Crippen MR) is 91.3 cm³/mol. The maximum atomic E-state index is 12.1. The maximum absolute atomic E-state index is 12.1. The topological polar surface area (TPSA) is 49.0 Å². The third kappa shape index (κ3) is 4.70. The molecule has 22 heavy (non-hydrogen) atoms. The summed E-state index contributed by atoms with van der Waals surface area (Å²) in [5.74, 6) is 0.247. The van der Waals surface area contributed by atoms with Gasteiger partial charge in [-0.1, -0.05) is 6.07 Å². The number of hydrogen-bond donors (Lipinski definition) is 1. The quantitative estimate of drug-likeness (QED) is 0.809. The molecular formula is C17H25N3OS. The molecule has 0 aliphatic carbocycles. The molecule has 0 fully saturated rings. The largest absolute Gasteiger partial charge is 0.346 e. The lowest BCUT2D eigenvalue weighted by atomic mass is 10.1. The average molecular weight is 319 g/mol. The zero-order valence-corrected chi connectivity index (χ0v) is 14.5. The molecule has 2 aromatic rings. The molecule has 4 nitrogen and oxygen atoms in total. The van der Waals surface area contributed by atoms with Crippen molar-refractivity contribution >= 4 is 17.2 Å². The molecule has 120 valence electrons. The van der Waals surface area contributed by atoms with E-state index in [4.69, 9.17) is 0 Å². The molecule has 0 spiro atoms. The highest BCUT2D eigenvalue weighted by atomic mass is 32.1.